The van der Waals surface area contributed by atoms with Crippen LogP contribution < -0.4 is 5.06 Å². The predicted octanol–water partition coefficient (Wildman–Crippen LogP) is 6.10. The molecule has 0 spiro atoms. The van der Waals surface area contributed by atoms with Crippen molar-refractivity contribution in [2.45, 2.75) is 44.3 Å². The second kappa shape index (κ2) is 7.79. The molecule has 3 rings (SSSR count). The zero-order valence-corrected chi connectivity index (χ0v) is 15.2. The molecule has 2 aromatic rings. The molecular weight excluding hydrogens is 395 g/mol. The molecule has 0 aliphatic heterocycles. The Morgan fingerprint density at radius 1 is 1.08 bits per heavy atom. The van der Waals surface area contributed by atoms with Crippen LogP contribution in [0.2, 0.25) is 0 Å². The minimum absolute atomic E-state index is 0.165. The van der Waals surface area contributed by atoms with Gasteiger partial charge in [0.15, 0.2) is 0 Å². The molecule has 0 unspecified atom stereocenters. The van der Waals surface area contributed by atoms with Gasteiger partial charge in [0.05, 0.1) is 18.3 Å². The van der Waals surface area contributed by atoms with Crippen molar-refractivity contribution in [1.82, 2.24) is 0 Å². The smallest absolute Gasteiger partial charge is 0.248 e. The lowest BCUT2D eigenvalue weighted by Gasteiger charge is -2.37. The molecule has 2 aromatic carbocycles. The fourth-order valence-corrected chi connectivity index (χ4v) is 3.53. The summed E-state index contributed by atoms with van der Waals surface area (Å²) >= 11 is 3.35. The van der Waals surface area contributed by atoms with Gasteiger partial charge in [0, 0.05) is 17.3 Å². The maximum Gasteiger partial charge on any atom is 0.248 e. The van der Waals surface area contributed by atoms with Crippen LogP contribution in [0.1, 0.15) is 31.2 Å². The number of hydroxylamine groups is 1. The zero-order chi connectivity index (χ0) is 17.9. The van der Waals surface area contributed by atoms with Crippen LogP contribution in [0.3, 0.4) is 0 Å². The molecule has 0 N–H and O–H groups in total. The summed E-state index contributed by atoms with van der Waals surface area (Å²) in [6, 6.07) is 13.8. The Hall–Kier alpha value is -1.53. The van der Waals surface area contributed by atoms with E-state index >= 15 is 0 Å². The van der Waals surface area contributed by atoms with E-state index in [1.807, 2.05) is 30.3 Å². The monoisotopic (exact) mass is 413 g/mol. The van der Waals surface area contributed by atoms with Crippen LogP contribution in [0.4, 0.5) is 18.9 Å². The van der Waals surface area contributed by atoms with Crippen LogP contribution in [0.25, 0.3) is 0 Å². The van der Waals surface area contributed by atoms with Crippen molar-refractivity contribution in [2.24, 2.45) is 0 Å². The molecular formula is C19H19BrF3NO. The second-order valence-electron chi connectivity index (χ2n) is 6.27. The van der Waals surface area contributed by atoms with Crippen LogP contribution in [0.5, 0.6) is 0 Å². The van der Waals surface area contributed by atoms with Crippen molar-refractivity contribution in [2.75, 3.05) is 5.06 Å². The number of rotatable bonds is 5. The molecule has 0 heterocycles. The van der Waals surface area contributed by atoms with E-state index in [4.69, 9.17) is 4.84 Å². The summed E-state index contributed by atoms with van der Waals surface area (Å²) in [6.45, 7) is 0.317. The van der Waals surface area contributed by atoms with Gasteiger partial charge in [-0.1, -0.05) is 30.3 Å². The molecule has 0 radical (unpaired) electrons. The number of alkyl halides is 2. The fourth-order valence-electron chi connectivity index (χ4n) is 3.01. The van der Waals surface area contributed by atoms with Crippen LogP contribution in [0.15, 0.2) is 53.0 Å². The van der Waals surface area contributed by atoms with Gasteiger partial charge in [0.2, 0.25) is 5.92 Å². The summed E-state index contributed by atoms with van der Waals surface area (Å²) in [5.74, 6) is -2.98. The molecule has 0 amide bonds. The largest absolute Gasteiger partial charge is 0.268 e. The van der Waals surface area contributed by atoms with Gasteiger partial charge in [0.25, 0.3) is 0 Å². The van der Waals surface area contributed by atoms with Crippen molar-refractivity contribution in [3.05, 3.63) is 64.4 Å². The van der Waals surface area contributed by atoms with Gasteiger partial charge in [-0.15, -0.1) is 0 Å². The third-order valence-corrected chi connectivity index (χ3v) is 5.01. The van der Waals surface area contributed by atoms with E-state index in [2.05, 4.69) is 15.9 Å². The van der Waals surface area contributed by atoms with E-state index < -0.39 is 5.92 Å². The highest BCUT2D eigenvalue weighted by Gasteiger charge is 2.38. The highest BCUT2D eigenvalue weighted by Crippen LogP contribution is 2.38. The number of halogens is 4. The minimum atomic E-state index is -2.61. The number of benzene rings is 2. The van der Waals surface area contributed by atoms with E-state index in [0.29, 0.717) is 29.6 Å². The summed E-state index contributed by atoms with van der Waals surface area (Å²) in [5.41, 5.74) is 1.62. The quantitative estimate of drug-likeness (QED) is 0.548. The lowest BCUT2D eigenvalue weighted by atomic mass is 9.92. The van der Waals surface area contributed by atoms with Gasteiger partial charge in [-0.05, 0) is 52.5 Å². The van der Waals surface area contributed by atoms with Gasteiger partial charge < -0.3 is 0 Å². The van der Waals surface area contributed by atoms with Gasteiger partial charge in [-0.3, -0.25) is 4.84 Å². The first-order chi connectivity index (χ1) is 11.9. The molecule has 1 aliphatic rings. The van der Waals surface area contributed by atoms with Crippen LogP contribution in [0, 0.1) is 5.82 Å². The SMILES string of the molecule is Fc1ccc(N(OCc2ccccc2)C2CCC(F)(F)CC2)c(Br)c1. The van der Waals surface area contributed by atoms with Gasteiger partial charge in [-0.2, -0.15) is 0 Å². The first-order valence-corrected chi connectivity index (χ1v) is 9.03. The Labute approximate surface area is 153 Å². The minimum Gasteiger partial charge on any atom is -0.268 e. The van der Waals surface area contributed by atoms with Crippen LogP contribution >= 0.6 is 15.9 Å². The molecule has 1 fully saturated rings. The van der Waals surface area contributed by atoms with Crippen molar-refractivity contribution < 1.29 is 18.0 Å². The Kier molecular flexibility index (Phi) is 5.69. The van der Waals surface area contributed by atoms with E-state index in [0.717, 1.165) is 5.56 Å². The number of hydrogen-bond donors (Lipinski definition) is 0. The third kappa shape index (κ3) is 4.76. The Morgan fingerprint density at radius 2 is 1.76 bits per heavy atom. The zero-order valence-electron chi connectivity index (χ0n) is 13.6. The molecule has 1 saturated carbocycles. The van der Waals surface area contributed by atoms with E-state index in [9.17, 15) is 13.2 Å². The summed E-state index contributed by atoms with van der Waals surface area (Å²) < 4.78 is 41.0. The normalized spacial score (nSPS) is 17.4. The lowest BCUT2D eigenvalue weighted by Crippen LogP contribution is -2.41. The van der Waals surface area contributed by atoms with Crippen molar-refractivity contribution in [1.29, 1.82) is 0 Å². The molecule has 2 nitrogen and oxygen atoms in total. The van der Waals surface area contributed by atoms with Crippen molar-refractivity contribution >= 4 is 21.6 Å². The molecule has 6 heteroatoms. The summed E-state index contributed by atoms with van der Waals surface area (Å²) in [4.78, 5) is 5.98. The van der Waals surface area contributed by atoms with E-state index in [1.54, 1.807) is 11.1 Å². The van der Waals surface area contributed by atoms with Gasteiger partial charge >= 0.3 is 0 Å². The molecule has 0 atom stereocenters. The fraction of sp³-hybridized carbons (Fsp3) is 0.368. The second-order valence-corrected chi connectivity index (χ2v) is 7.12. The van der Waals surface area contributed by atoms with Crippen molar-refractivity contribution in [3.63, 3.8) is 0 Å². The molecule has 134 valence electrons. The Bertz CT molecular complexity index is 701. The van der Waals surface area contributed by atoms with Gasteiger partial charge in [-0.25, -0.2) is 18.2 Å². The third-order valence-electron chi connectivity index (χ3n) is 4.38. The van der Waals surface area contributed by atoms with E-state index in [-0.39, 0.29) is 24.7 Å². The first-order valence-electron chi connectivity index (χ1n) is 8.23. The molecule has 0 bridgehead atoms. The standard InChI is InChI=1S/C19H19BrF3NO/c20-17-12-15(21)6-7-18(17)24(16-8-10-19(22,23)11-9-16)25-13-14-4-2-1-3-5-14/h1-7,12,16H,8-11,13H2. The summed E-state index contributed by atoms with van der Waals surface area (Å²) in [5, 5.41) is 1.66. The Morgan fingerprint density at radius 3 is 2.40 bits per heavy atom. The lowest BCUT2D eigenvalue weighted by molar-refractivity contribution is -0.0500. The van der Waals surface area contributed by atoms with Crippen molar-refractivity contribution in [3.8, 4) is 0 Å². The average molecular weight is 414 g/mol. The molecule has 1 aliphatic carbocycles. The maximum absolute atomic E-state index is 13.5. The summed E-state index contributed by atoms with van der Waals surface area (Å²) in [6.07, 6.45) is 0.320. The maximum atomic E-state index is 13.5. The first kappa shape index (κ1) is 18.3. The highest BCUT2D eigenvalue weighted by atomic mass is 79.9. The number of hydrogen-bond acceptors (Lipinski definition) is 2. The van der Waals surface area contributed by atoms with E-state index in [1.165, 1.54) is 12.1 Å². The number of anilines is 1. The topological polar surface area (TPSA) is 12.5 Å². The van der Waals surface area contributed by atoms with Crippen LogP contribution in [-0.4, -0.2) is 12.0 Å². The van der Waals surface area contributed by atoms with Gasteiger partial charge in [0.1, 0.15) is 5.82 Å². The van der Waals surface area contributed by atoms with Crippen LogP contribution in [-0.2, 0) is 11.4 Å². The predicted molar refractivity (Wildman–Crippen MR) is 95.0 cm³/mol. The highest BCUT2D eigenvalue weighted by molar-refractivity contribution is 9.10. The Balaban J connectivity index is 1.80. The number of nitrogens with zero attached hydrogens (tertiary/aromatic N) is 1. The molecule has 25 heavy (non-hydrogen) atoms. The average Bonchev–Trinajstić information content (AvgIpc) is 2.58. The summed E-state index contributed by atoms with van der Waals surface area (Å²) in [7, 11) is 0. The molecule has 0 aromatic heterocycles. The molecule has 0 saturated heterocycles.